The summed E-state index contributed by atoms with van der Waals surface area (Å²) >= 11 is 0. The summed E-state index contributed by atoms with van der Waals surface area (Å²) in [4.78, 5) is 13.5. The largest absolute Gasteiger partial charge is 0.497 e. The van der Waals surface area contributed by atoms with Gasteiger partial charge >= 0.3 is 6.09 Å². The molecule has 0 radical (unpaired) electrons. The predicted molar refractivity (Wildman–Crippen MR) is 218 cm³/mol. The Labute approximate surface area is 352 Å². The van der Waals surface area contributed by atoms with Gasteiger partial charge in [0.15, 0.2) is 11.6 Å². The second kappa shape index (κ2) is 18.6. The molecule has 1 aromatic heterocycles. The first-order valence-electron chi connectivity index (χ1n) is 19.8. The Morgan fingerprint density at radius 3 is 2.44 bits per heavy atom. The number of nitrogens with one attached hydrogen (secondary N) is 2. The molecule has 2 saturated heterocycles. The molecule has 0 bridgehead atoms. The quantitative estimate of drug-likeness (QED) is 0.101. The molecule has 3 N–H and O–H groups in total. The van der Waals surface area contributed by atoms with Crippen LogP contribution in [0.25, 0.3) is 22.5 Å². The summed E-state index contributed by atoms with van der Waals surface area (Å²) in [5.74, 6) is -1.19. The van der Waals surface area contributed by atoms with E-state index in [9.17, 15) is 27.1 Å². The maximum absolute atomic E-state index is 14.7. The fourth-order valence-electron chi connectivity index (χ4n) is 7.65. The number of aromatic amines is 1. The lowest BCUT2D eigenvalue weighted by Crippen LogP contribution is -2.51. The molecular weight excluding hydrogens is 815 g/mol. The van der Waals surface area contributed by atoms with Gasteiger partial charge in [-0.25, -0.2) is 27.1 Å². The normalized spacial score (nSPS) is 19.8. The molecule has 15 nitrogen and oxygen atoms in total. The van der Waals surface area contributed by atoms with Gasteiger partial charge in [-0.3, -0.25) is 0 Å². The zero-order valence-corrected chi connectivity index (χ0v) is 34.9. The van der Waals surface area contributed by atoms with Crippen molar-refractivity contribution in [1.29, 1.82) is 0 Å². The standard InChI is InChI=1S/C43H48F2N6O9S/c1-26(2)22-51(61(54,55)33-14-12-31(56-4)13-15-33)23-39(52)38(46-42(53)60-40-25-59-43(3)36(40)17-18-58-43)19-27-5-10-32(11-6-27)57-24-29-8-7-28(20-35(29)41-47-49-50-48-41)34-16-9-30(44)21-37(34)45/h5-16,20-21,26,36,38-40,52H,17-19,22-25H2,1-4H3,(H,46,53)(H,47,48,49,50)/t36-,38-,39+,40-,43+/m0/s1. The van der Waals surface area contributed by atoms with Gasteiger partial charge in [0.2, 0.25) is 10.0 Å². The minimum atomic E-state index is -4.08. The van der Waals surface area contributed by atoms with Crippen LogP contribution in [0.1, 0.15) is 38.3 Å². The number of tetrazole rings is 1. The first-order valence-corrected chi connectivity index (χ1v) is 21.3. The molecular formula is C43H48F2N6O9S. The maximum Gasteiger partial charge on any atom is 0.407 e. The van der Waals surface area contributed by atoms with E-state index in [-0.39, 0.29) is 55.0 Å². The molecule has 2 fully saturated rings. The number of nitrogens with zero attached hydrogens (tertiary/aromatic N) is 4. The van der Waals surface area contributed by atoms with Crippen molar-refractivity contribution in [2.45, 2.75) is 69.2 Å². The van der Waals surface area contributed by atoms with Gasteiger partial charge < -0.3 is 34.1 Å². The number of carbonyl (C=O) groups is 1. The number of methoxy groups -OCH3 is 1. The number of sulfonamides is 1. The van der Waals surface area contributed by atoms with Crippen LogP contribution in [-0.2, 0) is 37.3 Å². The number of hydrogen-bond donors (Lipinski definition) is 3. The third-order valence-electron chi connectivity index (χ3n) is 10.9. The number of halogens is 2. The van der Waals surface area contributed by atoms with Crippen LogP contribution in [0.15, 0.2) is 89.8 Å². The minimum Gasteiger partial charge on any atom is -0.497 e. The predicted octanol–water partition coefficient (Wildman–Crippen LogP) is 5.90. The molecule has 5 atom stereocenters. The molecule has 0 aliphatic carbocycles. The molecule has 61 heavy (non-hydrogen) atoms. The van der Waals surface area contributed by atoms with Crippen molar-refractivity contribution in [2.75, 3.05) is 33.4 Å². The zero-order chi connectivity index (χ0) is 43.3. The number of amides is 1. The summed E-state index contributed by atoms with van der Waals surface area (Å²) in [6.45, 7) is 6.05. The third-order valence-corrected chi connectivity index (χ3v) is 12.7. The van der Waals surface area contributed by atoms with E-state index in [4.69, 9.17) is 23.7 Å². The van der Waals surface area contributed by atoms with Crippen LogP contribution in [-0.4, -0.2) is 102 Å². The highest BCUT2D eigenvalue weighted by Gasteiger charge is 2.53. The highest BCUT2D eigenvalue weighted by molar-refractivity contribution is 7.89. The van der Waals surface area contributed by atoms with Crippen molar-refractivity contribution in [3.8, 4) is 34.0 Å². The summed E-state index contributed by atoms with van der Waals surface area (Å²) in [5, 5.41) is 28.7. The fourth-order valence-corrected chi connectivity index (χ4v) is 9.27. The van der Waals surface area contributed by atoms with Crippen molar-refractivity contribution in [3.05, 3.63) is 108 Å². The van der Waals surface area contributed by atoms with Gasteiger partial charge in [-0.1, -0.05) is 38.1 Å². The topological polar surface area (TPSA) is 187 Å². The van der Waals surface area contributed by atoms with E-state index in [2.05, 4.69) is 25.9 Å². The highest BCUT2D eigenvalue weighted by atomic mass is 32.2. The smallest absolute Gasteiger partial charge is 0.407 e. The van der Waals surface area contributed by atoms with Gasteiger partial charge in [0.1, 0.15) is 35.8 Å². The first-order chi connectivity index (χ1) is 29.2. The summed E-state index contributed by atoms with van der Waals surface area (Å²) in [7, 11) is -2.59. The monoisotopic (exact) mass is 862 g/mol. The third kappa shape index (κ3) is 10.2. The lowest BCUT2D eigenvalue weighted by Gasteiger charge is -2.31. The van der Waals surface area contributed by atoms with Crippen LogP contribution in [0.4, 0.5) is 13.6 Å². The Hall–Kier alpha value is -5.53. The fraction of sp³-hybridized carbons (Fsp3) is 0.395. The van der Waals surface area contributed by atoms with Gasteiger partial charge in [-0.2, -0.15) is 4.31 Å². The van der Waals surface area contributed by atoms with Gasteiger partial charge in [0.05, 0.1) is 43.3 Å². The van der Waals surface area contributed by atoms with Crippen LogP contribution in [0, 0.1) is 23.5 Å². The number of carbonyl (C=O) groups excluding carboxylic acids is 1. The Balaban J connectivity index is 1.08. The summed E-state index contributed by atoms with van der Waals surface area (Å²) < 4.78 is 86.2. The van der Waals surface area contributed by atoms with Crippen molar-refractivity contribution >= 4 is 16.1 Å². The molecule has 2 aliphatic rings. The Morgan fingerprint density at radius 1 is 1.00 bits per heavy atom. The first kappa shape index (κ1) is 43.6. The minimum absolute atomic E-state index is 0.0334. The molecule has 7 rings (SSSR count). The second-order valence-electron chi connectivity index (χ2n) is 15.6. The van der Waals surface area contributed by atoms with E-state index in [1.165, 1.54) is 35.7 Å². The van der Waals surface area contributed by atoms with Crippen molar-refractivity contribution in [2.24, 2.45) is 11.8 Å². The average molecular weight is 863 g/mol. The van der Waals surface area contributed by atoms with Crippen molar-refractivity contribution < 1.29 is 50.8 Å². The summed E-state index contributed by atoms with van der Waals surface area (Å²) in [5.41, 5.74) is 2.61. The van der Waals surface area contributed by atoms with Gasteiger partial charge in [-0.05, 0) is 102 Å². The molecule has 0 saturated carbocycles. The van der Waals surface area contributed by atoms with Crippen molar-refractivity contribution in [1.82, 2.24) is 30.2 Å². The Bertz CT molecular complexity index is 2390. The van der Waals surface area contributed by atoms with Crippen molar-refractivity contribution in [3.63, 3.8) is 0 Å². The zero-order valence-electron chi connectivity index (χ0n) is 34.1. The molecule has 4 aromatic carbocycles. The molecule has 3 heterocycles. The van der Waals surface area contributed by atoms with Gasteiger partial charge in [-0.15, -0.1) is 5.10 Å². The molecule has 18 heteroatoms. The SMILES string of the molecule is COc1ccc(S(=O)(=O)N(CC(C)C)C[C@@H](O)[C@H](Cc2ccc(OCc3ccc(-c4ccc(F)cc4F)cc3-c3nnn[nH]3)cc2)NC(=O)O[C@H]2CO[C@@]3(C)OCC[C@@H]23)cc1. The molecule has 5 aromatic rings. The van der Waals surface area contributed by atoms with Crippen LogP contribution < -0.4 is 14.8 Å². The van der Waals surface area contributed by atoms with E-state index >= 15 is 0 Å². The average Bonchev–Trinajstić information content (AvgIpc) is 3.98. The molecule has 0 spiro atoms. The lowest BCUT2D eigenvalue weighted by molar-refractivity contribution is -0.181. The van der Waals surface area contributed by atoms with Crippen LogP contribution in [0.5, 0.6) is 11.5 Å². The lowest BCUT2D eigenvalue weighted by atomic mass is 9.96. The number of H-pyrrole nitrogens is 1. The summed E-state index contributed by atoms with van der Waals surface area (Å²) in [6, 6.07) is 20.5. The maximum atomic E-state index is 14.7. The van der Waals surface area contributed by atoms with Crippen LogP contribution in [0.2, 0.25) is 0 Å². The van der Waals surface area contributed by atoms with Gasteiger partial charge in [0, 0.05) is 35.8 Å². The number of rotatable bonds is 17. The highest BCUT2D eigenvalue weighted by Crippen LogP contribution is 2.42. The van der Waals surface area contributed by atoms with E-state index in [0.29, 0.717) is 52.6 Å². The molecule has 324 valence electrons. The molecule has 2 aliphatic heterocycles. The number of fused-ring (bicyclic) bond motifs is 1. The number of aliphatic hydroxyl groups excluding tert-OH is 1. The van der Waals surface area contributed by atoms with E-state index in [1.807, 2.05) is 20.8 Å². The van der Waals surface area contributed by atoms with Crippen LogP contribution in [0.3, 0.4) is 0 Å². The number of ether oxygens (including phenoxy) is 5. The van der Waals surface area contributed by atoms with E-state index in [0.717, 1.165) is 6.07 Å². The number of benzene rings is 4. The summed E-state index contributed by atoms with van der Waals surface area (Å²) in [6.07, 6.45) is -1.97. The Kier molecular flexibility index (Phi) is 13.3. The number of hydrogen-bond acceptors (Lipinski definition) is 12. The van der Waals surface area contributed by atoms with Crippen LogP contribution >= 0.6 is 0 Å². The van der Waals surface area contributed by atoms with E-state index < -0.39 is 51.8 Å². The van der Waals surface area contributed by atoms with Gasteiger partial charge in [0.25, 0.3) is 0 Å². The number of aliphatic hydroxyl groups is 1. The molecule has 0 unspecified atom stereocenters. The molecule has 1 amide bonds. The second-order valence-corrected chi connectivity index (χ2v) is 17.5. The number of alkyl carbamates (subject to hydrolysis) is 1. The number of aromatic nitrogens is 4. The Morgan fingerprint density at radius 2 is 1.75 bits per heavy atom. The van der Waals surface area contributed by atoms with E-state index in [1.54, 1.807) is 54.6 Å².